The summed E-state index contributed by atoms with van der Waals surface area (Å²) < 4.78 is 27.8. The van der Waals surface area contributed by atoms with Gasteiger partial charge in [-0.25, -0.2) is 8.42 Å². The first-order chi connectivity index (χ1) is 12.0. The van der Waals surface area contributed by atoms with Gasteiger partial charge in [0.05, 0.1) is 4.90 Å². The first-order valence-electron chi connectivity index (χ1n) is 8.48. The lowest BCUT2D eigenvalue weighted by Gasteiger charge is -2.28. The predicted octanol–water partition coefficient (Wildman–Crippen LogP) is 5.23. The van der Waals surface area contributed by atoms with Crippen molar-refractivity contribution in [3.05, 3.63) is 71.3 Å². The van der Waals surface area contributed by atoms with Crippen LogP contribution in [-0.4, -0.2) is 25.3 Å². The first-order valence-corrected chi connectivity index (χ1v) is 10.3. The van der Waals surface area contributed by atoms with Gasteiger partial charge in [-0.1, -0.05) is 67.9 Å². The zero-order valence-corrected chi connectivity index (χ0v) is 16.2. The molecule has 0 N–H and O–H groups in total. The smallest absolute Gasteiger partial charge is 0.207 e. The van der Waals surface area contributed by atoms with Crippen LogP contribution < -0.4 is 0 Å². The fourth-order valence-corrected chi connectivity index (χ4v) is 4.59. The van der Waals surface area contributed by atoms with Crippen LogP contribution in [0.15, 0.2) is 65.6 Å². The molecule has 0 heterocycles. The molecule has 0 aliphatic heterocycles. The molecule has 0 aliphatic carbocycles. The van der Waals surface area contributed by atoms with Crippen LogP contribution in [0.5, 0.6) is 0 Å². The third kappa shape index (κ3) is 5.18. The zero-order valence-electron chi connectivity index (χ0n) is 14.6. The molecule has 2 aromatic carbocycles. The van der Waals surface area contributed by atoms with E-state index < -0.39 is 10.0 Å². The van der Waals surface area contributed by atoms with Crippen molar-refractivity contribution in [3.63, 3.8) is 0 Å². The number of hydrogen-bond donors (Lipinski definition) is 0. The van der Waals surface area contributed by atoms with Crippen molar-refractivity contribution in [2.24, 2.45) is 0 Å². The number of benzene rings is 2. The Morgan fingerprint density at radius 3 is 2.16 bits per heavy atom. The molecule has 0 radical (unpaired) electrons. The van der Waals surface area contributed by atoms with E-state index in [-0.39, 0.29) is 10.9 Å². The number of hydrogen-bond acceptors (Lipinski definition) is 2. The quantitative estimate of drug-likeness (QED) is 0.631. The van der Waals surface area contributed by atoms with Gasteiger partial charge in [0.15, 0.2) is 0 Å². The van der Waals surface area contributed by atoms with E-state index in [0.717, 1.165) is 18.4 Å². The number of sulfonamides is 1. The average Bonchev–Trinajstić information content (AvgIpc) is 2.62. The maximum Gasteiger partial charge on any atom is 0.243 e. The lowest BCUT2D eigenvalue weighted by atomic mass is 10.1. The molecule has 0 saturated carbocycles. The van der Waals surface area contributed by atoms with Crippen LogP contribution in [0.2, 0.25) is 5.02 Å². The zero-order chi connectivity index (χ0) is 18.3. The highest BCUT2D eigenvalue weighted by Gasteiger charge is 2.28. The van der Waals surface area contributed by atoms with Gasteiger partial charge in [-0.15, -0.1) is 0 Å². The molecule has 134 valence electrons. The SMILES string of the molecule is CCC(CC)N(C/C=C/c1ccccc1)S(=O)(=O)c1ccc(Cl)cc1. The van der Waals surface area contributed by atoms with E-state index >= 15 is 0 Å². The van der Waals surface area contributed by atoms with Crippen LogP contribution in [-0.2, 0) is 10.0 Å². The summed E-state index contributed by atoms with van der Waals surface area (Å²) >= 11 is 5.89. The summed E-state index contributed by atoms with van der Waals surface area (Å²) in [6.45, 7) is 4.37. The second-order valence-corrected chi connectivity index (χ2v) is 8.14. The Hall–Kier alpha value is -1.62. The van der Waals surface area contributed by atoms with E-state index in [1.165, 1.54) is 0 Å². The van der Waals surface area contributed by atoms with Gasteiger partial charge in [0, 0.05) is 17.6 Å². The highest BCUT2D eigenvalue weighted by atomic mass is 35.5. The van der Waals surface area contributed by atoms with Gasteiger partial charge >= 0.3 is 0 Å². The molecule has 0 aliphatic rings. The third-order valence-electron chi connectivity index (χ3n) is 4.17. The van der Waals surface area contributed by atoms with E-state index in [1.807, 2.05) is 56.3 Å². The summed E-state index contributed by atoms with van der Waals surface area (Å²) in [5, 5.41) is 0.525. The van der Waals surface area contributed by atoms with Crippen LogP contribution in [0.25, 0.3) is 6.08 Å². The van der Waals surface area contributed by atoms with Crippen LogP contribution in [0, 0.1) is 0 Å². The maximum absolute atomic E-state index is 13.1. The Bertz CT molecular complexity index is 782. The fourth-order valence-electron chi connectivity index (χ4n) is 2.74. The van der Waals surface area contributed by atoms with Gasteiger partial charge in [-0.3, -0.25) is 0 Å². The summed E-state index contributed by atoms with van der Waals surface area (Å²) in [5.74, 6) is 0. The molecule has 5 heteroatoms. The summed E-state index contributed by atoms with van der Waals surface area (Å²) in [7, 11) is -3.57. The Morgan fingerprint density at radius 1 is 1.00 bits per heavy atom. The minimum atomic E-state index is -3.57. The normalized spacial score (nSPS) is 12.4. The second-order valence-electron chi connectivity index (χ2n) is 5.81. The van der Waals surface area contributed by atoms with Gasteiger partial charge in [0.25, 0.3) is 0 Å². The van der Waals surface area contributed by atoms with Crippen molar-refractivity contribution in [3.8, 4) is 0 Å². The van der Waals surface area contributed by atoms with E-state index in [9.17, 15) is 8.42 Å². The molecule has 0 spiro atoms. The highest BCUT2D eigenvalue weighted by molar-refractivity contribution is 7.89. The summed E-state index contributed by atoms with van der Waals surface area (Å²) in [4.78, 5) is 0.275. The summed E-state index contributed by atoms with van der Waals surface area (Å²) in [6.07, 6.45) is 5.39. The molecular formula is C20H24ClNO2S. The van der Waals surface area contributed by atoms with Gasteiger partial charge in [-0.2, -0.15) is 4.31 Å². The fraction of sp³-hybridized carbons (Fsp3) is 0.300. The number of nitrogens with zero attached hydrogens (tertiary/aromatic N) is 1. The van der Waals surface area contributed by atoms with Crippen molar-refractivity contribution in [2.75, 3.05) is 6.54 Å². The molecule has 0 amide bonds. The monoisotopic (exact) mass is 377 g/mol. The minimum absolute atomic E-state index is 0.0406. The Kier molecular flexibility index (Phi) is 7.24. The molecule has 3 nitrogen and oxygen atoms in total. The van der Waals surface area contributed by atoms with Crippen molar-refractivity contribution >= 4 is 27.7 Å². The van der Waals surface area contributed by atoms with Gasteiger partial charge < -0.3 is 0 Å². The van der Waals surface area contributed by atoms with Crippen LogP contribution >= 0.6 is 11.6 Å². The van der Waals surface area contributed by atoms with E-state index in [1.54, 1.807) is 28.6 Å². The van der Waals surface area contributed by atoms with Crippen LogP contribution in [0.1, 0.15) is 32.3 Å². The summed E-state index contributed by atoms with van der Waals surface area (Å²) in [6, 6.07) is 16.2. The molecule has 0 fully saturated rings. The molecule has 2 rings (SSSR count). The number of halogens is 1. The van der Waals surface area contributed by atoms with E-state index in [0.29, 0.717) is 11.6 Å². The maximum atomic E-state index is 13.1. The molecule has 25 heavy (non-hydrogen) atoms. The largest absolute Gasteiger partial charge is 0.243 e. The Morgan fingerprint density at radius 2 is 1.60 bits per heavy atom. The Labute approximate surface area is 156 Å². The molecule has 0 aromatic heterocycles. The predicted molar refractivity (Wildman–Crippen MR) is 105 cm³/mol. The van der Waals surface area contributed by atoms with Crippen LogP contribution in [0.3, 0.4) is 0 Å². The van der Waals surface area contributed by atoms with Gasteiger partial charge in [0.1, 0.15) is 0 Å². The van der Waals surface area contributed by atoms with E-state index in [4.69, 9.17) is 11.6 Å². The molecule has 2 aromatic rings. The van der Waals surface area contributed by atoms with Crippen molar-refractivity contribution in [1.82, 2.24) is 4.31 Å². The molecule has 0 unspecified atom stereocenters. The molecule has 0 saturated heterocycles. The lowest BCUT2D eigenvalue weighted by Crippen LogP contribution is -2.39. The minimum Gasteiger partial charge on any atom is -0.207 e. The lowest BCUT2D eigenvalue weighted by molar-refractivity contribution is 0.326. The molecule has 0 atom stereocenters. The van der Waals surface area contributed by atoms with Crippen molar-refractivity contribution < 1.29 is 8.42 Å². The van der Waals surface area contributed by atoms with Gasteiger partial charge in [-0.05, 0) is 42.7 Å². The Balaban J connectivity index is 2.29. The van der Waals surface area contributed by atoms with Crippen molar-refractivity contribution in [2.45, 2.75) is 37.6 Å². The van der Waals surface area contributed by atoms with Crippen LogP contribution in [0.4, 0.5) is 0 Å². The third-order valence-corrected chi connectivity index (χ3v) is 6.35. The van der Waals surface area contributed by atoms with Gasteiger partial charge in [0.2, 0.25) is 10.0 Å². The second kappa shape index (κ2) is 9.18. The topological polar surface area (TPSA) is 37.4 Å². The first kappa shape index (κ1) is 19.7. The summed E-state index contributed by atoms with van der Waals surface area (Å²) in [5.41, 5.74) is 1.05. The average molecular weight is 378 g/mol. The molecular weight excluding hydrogens is 354 g/mol. The number of rotatable bonds is 8. The molecule has 0 bridgehead atoms. The standard InChI is InChI=1S/C20H24ClNO2S/c1-3-19(4-2)22(16-8-11-17-9-6-5-7-10-17)25(23,24)20-14-12-18(21)13-15-20/h5-15,19H,3-4,16H2,1-2H3/b11-8+. The highest BCUT2D eigenvalue weighted by Crippen LogP contribution is 2.23. The van der Waals surface area contributed by atoms with Crippen molar-refractivity contribution in [1.29, 1.82) is 0 Å². The van der Waals surface area contributed by atoms with E-state index in [2.05, 4.69) is 0 Å².